The van der Waals surface area contributed by atoms with Crippen molar-refractivity contribution in [2.24, 2.45) is 17.3 Å². The van der Waals surface area contributed by atoms with Crippen molar-refractivity contribution in [2.75, 3.05) is 26.3 Å². The minimum atomic E-state index is -0.941. The minimum absolute atomic E-state index is 0.0535. The Balaban J connectivity index is 1.33. The summed E-state index contributed by atoms with van der Waals surface area (Å²) >= 11 is 0. The van der Waals surface area contributed by atoms with Crippen LogP contribution in [0.1, 0.15) is 73.8 Å². The highest BCUT2D eigenvalue weighted by atomic mass is 16.5. The molecule has 11 heteroatoms. The van der Waals surface area contributed by atoms with Gasteiger partial charge in [-0.2, -0.15) is 0 Å². The van der Waals surface area contributed by atoms with Crippen molar-refractivity contribution in [3.8, 4) is 0 Å². The summed E-state index contributed by atoms with van der Waals surface area (Å²) in [5.74, 6) is -1.13. The molecule has 1 saturated carbocycles. The Morgan fingerprint density at radius 1 is 0.917 bits per heavy atom. The molecule has 2 fully saturated rings. The molecule has 3 atom stereocenters. The second kappa shape index (κ2) is 16.3. The largest absolute Gasteiger partial charge is 0.379 e. The van der Waals surface area contributed by atoms with Crippen molar-refractivity contribution in [2.45, 2.75) is 77.9 Å². The number of carbonyl (C=O) groups is 4. The summed E-state index contributed by atoms with van der Waals surface area (Å²) in [6.45, 7) is 9.29. The molecule has 48 heavy (non-hydrogen) atoms. The average Bonchev–Trinajstić information content (AvgIpc) is 3.66. The van der Waals surface area contributed by atoms with Crippen molar-refractivity contribution in [3.05, 3.63) is 83.5 Å². The van der Waals surface area contributed by atoms with E-state index in [0.717, 1.165) is 37.1 Å². The summed E-state index contributed by atoms with van der Waals surface area (Å²) in [6, 6.07) is 13.1. The Hall–Kier alpha value is -4.22. The molecule has 3 aromatic rings. The third kappa shape index (κ3) is 9.90. The van der Waals surface area contributed by atoms with Crippen LogP contribution in [0.25, 0.3) is 0 Å². The highest BCUT2D eigenvalue weighted by molar-refractivity contribution is 5.99. The number of ketones is 2. The molecule has 2 N–H and O–H groups in total. The summed E-state index contributed by atoms with van der Waals surface area (Å²) < 4.78 is 10.9. The normalized spacial score (nSPS) is 17.7. The van der Waals surface area contributed by atoms with E-state index in [0.29, 0.717) is 38.4 Å². The molecule has 5 rings (SSSR count). The molecular weight excluding hydrogens is 610 g/mol. The van der Waals surface area contributed by atoms with Crippen LogP contribution in [0.15, 0.2) is 65.4 Å². The fourth-order valence-corrected chi connectivity index (χ4v) is 6.09. The molecule has 0 radical (unpaired) electrons. The molecule has 1 saturated heterocycles. The van der Waals surface area contributed by atoms with Gasteiger partial charge in [0.25, 0.3) is 5.91 Å². The summed E-state index contributed by atoms with van der Waals surface area (Å²) in [7, 11) is 0. The first-order chi connectivity index (χ1) is 23.1. The molecule has 3 heterocycles. The lowest BCUT2D eigenvalue weighted by Gasteiger charge is -2.26. The second-order valence-electron chi connectivity index (χ2n) is 13.8. The molecule has 256 valence electrons. The maximum atomic E-state index is 14.1. The van der Waals surface area contributed by atoms with Gasteiger partial charge in [-0.3, -0.25) is 29.1 Å². The van der Waals surface area contributed by atoms with Gasteiger partial charge in [-0.25, -0.2) is 0 Å². The number of Topliss-reactive ketones (excluding diaryl/α,β-unsaturated/α-hetero) is 2. The molecular formula is C37H47N5O6. The number of hydrogen-bond donors (Lipinski definition) is 2. The molecule has 0 spiro atoms. The quantitative estimate of drug-likeness (QED) is 0.221. The molecule has 1 aliphatic carbocycles. The van der Waals surface area contributed by atoms with Crippen LogP contribution >= 0.6 is 0 Å². The number of carbonyl (C=O) groups excluding carboxylic acids is 4. The summed E-state index contributed by atoms with van der Waals surface area (Å²) in [6.07, 6.45) is 5.81. The number of pyridine rings is 1. The maximum absolute atomic E-state index is 14.1. The molecule has 1 aliphatic heterocycles. The summed E-state index contributed by atoms with van der Waals surface area (Å²) in [5.41, 5.74) is 1.38. The number of hydrogen-bond acceptors (Lipinski definition) is 9. The van der Waals surface area contributed by atoms with E-state index in [2.05, 4.69) is 25.7 Å². The van der Waals surface area contributed by atoms with E-state index in [1.54, 1.807) is 30.6 Å². The van der Waals surface area contributed by atoms with Gasteiger partial charge < -0.3 is 19.9 Å². The second-order valence-corrected chi connectivity index (χ2v) is 13.8. The smallest absolute Gasteiger partial charge is 0.274 e. The Bertz CT molecular complexity index is 1530. The Labute approximate surface area is 282 Å². The lowest BCUT2D eigenvalue weighted by atomic mass is 9.87. The van der Waals surface area contributed by atoms with Crippen molar-refractivity contribution in [3.63, 3.8) is 0 Å². The predicted octanol–water partition coefficient (Wildman–Crippen LogP) is 3.96. The van der Waals surface area contributed by atoms with E-state index in [9.17, 15) is 19.2 Å². The highest BCUT2D eigenvalue weighted by Gasteiger charge is 2.48. The van der Waals surface area contributed by atoms with Crippen LogP contribution < -0.4 is 10.6 Å². The SMILES string of the molecule is CC(C)C[C@H](NC(=O)[C@@H](CC(=O)[C@H](Cc1ccncc1)NC(=O)c1cc(CN2CCOCC2)on1)Cc1ccccc1)C(=O)C1(C)CC1. The third-order valence-corrected chi connectivity index (χ3v) is 9.24. The first-order valence-electron chi connectivity index (χ1n) is 17.0. The number of benzene rings is 1. The standard InChI is InChI=1S/C37H47N5O6/c1-25(2)19-31(34(44)37(3)11-12-37)40-35(45)28(20-26-7-5-4-6-8-26)22-33(43)30(21-27-9-13-38-14-10-27)39-36(46)32-23-29(48-41-32)24-42-15-17-47-18-16-42/h4-10,13-14,23,25,28,30-31H,11-12,15-22,24H2,1-3H3,(H,39,46)(H,40,45)/t28-,30+,31+/m1/s1. The average molecular weight is 658 g/mol. The van der Waals surface area contributed by atoms with Crippen molar-refractivity contribution in [1.82, 2.24) is 25.7 Å². The van der Waals surface area contributed by atoms with Crippen LogP contribution in [0.2, 0.25) is 0 Å². The maximum Gasteiger partial charge on any atom is 0.274 e. The Kier molecular flexibility index (Phi) is 11.9. The van der Waals surface area contributed by atoms with Crippen LogP contribution in [0.5, 0.6) is 0 Å². The topological polar surface area (TPSA) is 144 Å². The molecule has 2 aliphatic rings. The van der Waals surface area contributed by atoms with Gasteiger partial charge >= 0.3 is 0 Å². The number of aromatic nitrogens is 2. The Morgan fingerprint density at radius 3 is 2.27 bits per heavy atom. The number of amides is 2. The number of rotatable bonds is 17. The minimum Gasteiger partial charge on any atom is -0.379 e. The van der Waals surface area contributed by atoms with Crippen LogP contribution in [0, 0.1) is 17.3 Å². The van der Waals surface area contributed by atoms with Crippen molar-refractivity contribution < 1.29 is 28.4 Å². The van der Waals surface area contributed by atoms with Crippen molar-refractivity contribution in [1.29, 1.82) is 0 Å². The molecule has 1 aromatic carbocycles. The van der Waals surface area contributed by atoms with Crippen molar-refractivity contribution >= 4 is 23.4 Å². The first-order valence-corrected chi connectivity index (χ1v) is 17.0. The van der Waals surface area contributed by atoms with Gasteiger partial charge in [0.15, 0.2) is 23.0 Å². The fourth-order valence-electron chi connectivity index (χ4n) is 6.09. The number of nitrogens with one attached hydrogen (secondary N) is 2. The van der Waals surface area contributed by atoms with E-state index in [1.807, 2.05) is 51.1 Å². The zero-order valence-corrected chi connectivity index (χ0v) is 28.2. The Morgan fingerprint density at radius 2 is 1.60 bits per heavy atom. The summed E-state index contributed by atoms with van der Waals surface area (Å²) in [5, 5.41) is 9.89. The fraction of sp³-hybridized carbons (Fsp3) is 0.514. The van der Waals surface area contributed by atoms with E-state index in [4.69, 9.17) is 9.26 Å². The lowest BCUT2D eigenvalue weighted by molar-refractivity contribution is -0.134. The lowest BCUT2D eigenvalue weighted by Crippen LogP contribution is -2.48. The first kappa shape index (κ1) is 35.1. The van der Waals surface area contributed by atoms with Crippen LogP contribution in [-0.4, -0.2) is 76.8 Å². The highest BCUT2D eigenvalue weighted by Crippen LogP contribution is 2.47. The molecule has 0 unspecified atom stereocenters. The zero-order valence-electron chi connectivity index (χ0n) is 28.2. The van der Waals surface area contributed by atoms with Gasteiger partial charge in [-0.1, -0.05) is 56.3 Å². The number of ether oxygens (including phenoxy) is 1. The van der Waals surface area contributed by atoms with E-state index >= 15 is 0 Å². The monoisotopic (exact) mass is 657 g/mol. The van der Waals surface area contributed by atoms with Gasteiger partial charge in [0, 0.05) is 49.3 Å². The molecule has 2 amide bonds. The molecule has 0 bridgehead atoms. The van der Waals surface area contributed by atoms with Gasteiger partial charge in [0.1, 0.15) is 0 Å². The van der Waals surface area contributed by atoms with E-state index < -0.39 is 29.3 Å². The van der Waals surface area contributed by atoms with Gasteiger partial charge in [0.05, 0.1) is 31.8 Å². The van der Waals surface area contributed by atoms with Gasteiger partial charge in [-0.05, 0) is 61.3 Å². The number of morpholine rings is 1. The van der Waals surface area contributed by atoms with Crippen LogP contribution in [0.3, 0.4) is 0 Å². The van der Waals surface area contributed by atoms with Crippen LogP contribution in [-0.2, 0) is 38.5 Å². The van der Waals surface area contributed by atoms with Gasteiger partial charge in [-0.15, -0.1) is 0 Å². The van der Waals surface area contributed by atoms with E-state index in [1.165, 1.54) is 0 Å². The summed E-state index contributed by atoms with van der Waals surface area (Å²) in [4.78, 5) is 61.2. The predicted molar refractivity (Wildman–Crippen MR) is 179 cm³/mol. The van der Waals surface area contributed by atoms with E-state index in [-0.39, 0.29) is 41.9 Å². The zero-order chi connectivity index (χ0) is 34.1. The third-order valence-electron chi connectivity index (χ3n) is 9.24. The van der Waals surface area contributed by atoms with Crippen LogP contribution in [0.4, 0.5) is 0 Å². The number of nitrogens with zero attached hydrogens (tertiary/aromatic N) is 3. The molecule has 11 nitrogen and oxygen atoms in total. The molecule has 2 aromatic heterocycles. The van der Waals surface area contributed by atoms with Gasteiger partial charge in [0.2, 0.25) is 5.91 Å².